The molecular weight excluding hydrogens is 214 g/mol. The van der Waals surface area contributed by atoms with Crippen molar-refractivity contribution in [3.05, 3.63) is 21.3 Å². The highest BCUT2D eigenvalue weighted by atomic mass is 35.5. The minimum Gasteiger partial charge on any atom is -0.350 e. The van der Waals surface area contributed by atoms with E-state index in [4.69, 9.17) is 17.3 Å². The van der Waals surface area contributed by atoms with Crippen LogP contribution in [0, 0.1) is 0 Å². The van der Waals surface area contributed by atoms with Gasteiger partial charge in [0.25, 0.3) is 5.91 Å². The summed E-state index contributed by atoms with van der Waals surface area (Å²) >= 11 is 6.83. The van der Waals surface area contributed by atoms with Crippen LogP contribution in [0.5, 0.6) is 0 Å². The maximum Gasteiger partial charge on any atom is 0.330 e. The Kier molecular flexibility index (Phi) is 3.10. The summed E-state index contributed by atoms with van der Waals surface area (Å²) < 4.78 is 0. The molecule has 0 atom stereocenters. The predicted molar refractivity (Wildman–Crippen MR) is 49.5 cm³/mol. The Morgan fingerprint density at radius 2 is 2.15 bits per heavy atom. The van der Waals surface area contributed by atoms with Gasteiger partial charge in [0.05, 0.1) is 5.02 Å². The van der Waals surface area contributed by atoms with Crippen LogP contribution in [0.1, 0.15) is 9.67 Å². The Bertz CT molecular complexity index is 338. The molecule has 0 aromatic carbocycles. The lowest BCUT2D eigenvalue weighted by molar-refractivity contribution is 0.0941. The van der Waals surface area contributed by atoms with E-state index in [1.165, 1.54) is 11.3 Å². The van der Waals surface area contributed by atoms with Crippen LogP contribution in [0.15, 0.2) is 11.4 Å². The predicted octanol–water partition coefficient (Wildman–Crippen LogP) is 0.715. The van der Waals surface area contributed by atoms with Crippen LogP contribution in [-0.4, -0.2) is 11.9 Å². The first-order chi connectivity index (χ1) is 6.11. The zero-order valence-corrected chi connectivity index (χ0v) is 7.91. The molecule has 0 aliphatic rings. The average Bonchev–Trinajstić information content (AvgIpc) is 2.47. The van der Waals surface area contributed by atoms with Gasteiger partial charge in [-0.05, 0) is 11.4 Å². The van der Waals surface area contributed by atoms with Crippen molar-refractivity contribution < 1.29 is 9.59 Å². The van der Waals surface area contributed by atoms with Crippen LogP contribution in [0.25, 0.3) is 0 Å². The normalized spacial score (nSPS) is 9.31. The van der Waals surface area contributed by atoms with Crippen molar-refractivity contribution in [2.24, 2.45) is 5.73 Å². The molecule has 0 spiro atoms. The van der Waals surface area contributed by atoms with Gasteiger partial charge in [-0.25, -0.2) is 10.2 Å². The molecule has 7 heteroatoms. The smallest absolute Gasteiger partial charge is 0.330 e. The van der Waals surface area contributed by atoms with Crippen molar-refractivity contribution in [3.8, 4) is 0 Å². The molecule has 1 rings (SSSR count). The van der Waals surface area contributed by atoms with Gasteiger partial charge < -0.3 is 5.73 Å². The van der Waals surface area contributed by atoms with Crippen molar-refractivity contribution in [3.63, 3.8) is 0 Å². The van der Waals surface area contributed by atoms with Crippen LogP contribution in [-0.2, 0) is 0 Å². The summed E-state index contributed by atoms with van der Waals surface area (Å²) in [6.45, 7) is 0. The van der Waals surface area contributed by atoms with Gasteiger partial charge in [0.1, 0.15) is 4.88 Å². The van der Waals surface area contributed by atoms with E-state index in [1.54, 1.807) is 11.4 Å². The van der Waals surface area contributed by atoms with Gasteiger partial charge in [0.15, 0.2) is 0 Å². The first kappa shape index (κ1) is 9.82. The van der Waals surface area contributed by atoms with Crippen LogP contribution >= 0.6 is 22.9 Å². The molecule has 5 nitrogen and oxygen atoms in total. The number of rotatable bonds is 1. The third-order valence-electron chi connectivity index (χ3n) is 1.12. The number of thiophene rings is 1. The quantitative estimate of drug-likeness (QED) is 0.608. The first-order valence-electron chi connectivity index (χ1n) is 3.20. The largest absolute Gasteiger partial charge is 0.350 e. The molecule has 1 aromatic rings. The van der Waals surface area contributed by atoms with Crippen molar-refractivity contribution in [2.45, 2.75) is 0 Å². The second kappa shape index (κ2) is 4.11. The van der Waals surface area contributed by atoms with E-state index in [1.807, 2.05) is 5.43 Å². The standard InChI is InChI=1S/C6H6ClN3O2S/c7-3-1-2-13-4(3)5(11)9-10-6(8)12/h1-2H,(H,9,11)(H3,8,10,12). The fraction of sp³-hybridized carbons (Fsp3) is 0. The number of nitrogens with one attached hydrogen (secondary N) is 2. The van der Waals surface area contributed by atoms with E-state index < -0.39 is 11.9 Å². The minimum atomic E-state index is -0.832. The number of hydrazine groups is 1. The van der Waals surface area contributed by atoms with E-state index in [0.717, 1.165) is 0 Å². The topological polar surface area (TPSA) is 84.2 Å². The molecule has 0 saturated carbocycles. The van der Waals surface area contributed by atoms with Gasteiger partial charge in [-0.3, -0.25) is 10.2 Å². The maximum absolute atomic E-state index is 11.2. The number of nitrogens with two attached hydrogens (primary N) is 1. The molecule has 0 unspecified atom stereocenters. The SMILES string of the molecule is NC(=O)NNC(=O)c1sccc1Cl. The molecule has 13 heavy (non-hydrogen) atoms. The number of halogens is 1. The fourth-order valence-corrected chi connectivity index (χ4v) is 1.67. The van der Waals surface area contributed by atoms with Gasteiger partial charge in [-0.1, -0.05) is 11.6 Å². The second-order valence-corrected chi connectivity index (χ2v) is 3.36. The highest BCUT2D eigenvalue weighted by Crippen LogP contribution is 2.21. The third kappa shape index (κ3) is 2.60. The van der Waals surface area contributed by atoms with Crippen LogP contribution in [0.3, 0.4) is 0 Å². The Hall–Kier alpha value is -1.27. The number of amides is 3. The Labute approximate surface area is 82.8 Å². The molecule has 0 aliphatic heterocycles. The molecule has 1 heterocycles. The molecule has 70 valence electrons. The van der Waals surface area contributed by atoms with Gasteiger partial charge in [-0.2, -0.15) is 0 Å². The van der Waals surface area contributed by atoms with Gasteiger partial charge in [-0.15, -0.1) is 11.3 Å². The average molecular weight is 220 g/mol. The van der Waals surface area contributed by atoms with Crippen molar-refractivity contribution in [2.75, 3.05) is 0 Å². The third-order valence-corrected chi connectivity index (χ3v) is 2.46. The summed E-state index contributed by atoms with van der Waals surface area (Å²) in [7, 11) is 0. The molecule has 3 amide bonds. The molecule has 0 saturated heterocycles. The van der Waals surface area contributed by atoms with Gasteiger partial charge in [0.2, 0.25) is 0 Å². The summed E-state index contributed by atoms with van der Waals surface area (Å²) in [5.74, 6) is -0.487. The summed E-state index contributed by atoms with van der Waals surface area (Å²) in [6, 6.07) is 0.756. The van der Waals surface area contributed by atoms with Crippen molar-refractivity contribution >= 4 is 34.9 Å². The zero-order valence-electron chi connectivity index (χ0n) is 6.33. The van der Waals surface area contributed by atoms with E-state index in [-0.39, 0.29) is 0 Å². The molecule has 0 aliphatic carbocycles. The van der Waals surface area contributed by atoms with E-state index in [0.29, 0.717) is 9.90 Å². The van der Waals surface area contributed by atoms with Crippen LogP contribution in [0.4, 0.5) is 4.79 Å². The number of carbonyl (C=O) groups excluding carboxylic acids is 2. The number of hydrogen-bond donors (Lipinski definition) is 3. The molecule has 0 fully saturated rings. The summed E-state index contributed by atoms with van der Waals surface area (Å²) in [4.78, 5) is 21.7. The van der Waals surface area contributed by atoms with Gasteiger partial charge in [0, 0.05) is 0 Å². The lowest BCUT2D eigenvalue weighted by Gasteiger charge is -2.02. The second-order valence-electron chi connectivity index (χ2n) is 2.04. The lowest BCUT2D eigenvalue weighted by Crippen LogP contribution is -2.44. The number of urea groups is 1. The van der Waals surface area contributed by atoms with Crippen molar-refractivity contribution in [1.29, 1.82) is 0 Å². The minimum absolute atomic E-state index is 0.329. The maximum atomic E-state index is 11.2. The van der Waals surface area contributed by atoms with Crippen LogP contribution in [0.2, 0.25) is 5.02 Å². The monoisotopic (exact) mass is 219 g/mol. The molecule has 4 N–H and O–H groups in total. The summed E-state index contributed by atoms with van der Waals surface area (Å²) in [6.07, 6.45) is 0. The Balaban J connectivity index is 2.59. The molecular formula is C6H6ClN3O2S. The number of hydrogen-bond acceptors (Lipinski definition) is 3. The van der Waals surface area contributed by atoms with E-state index >= 15 is 0 Å². The van der Waals surface area contributed by atoms with E-state index in [9.17, 15) is 9.59 Å². The summed E-state index contributed by atoms with van der Waals surface area (Å²) in [5, 5.41) is 2.01. The molecule has 1 aromatic heterocycles. The number of primary amides is 1. The van der Waals surface area contributed by atoms with Crippen LogP contribution < -0.4 is 16.6 Å². The van der Waals surface area contributed by atoms with Gasteiger partial charge >= 0.3 is 6.03 Å². The first-order valence-corrected chi connectivity index (χ1v) is 4.46. The van der Waals surface area contributed by atoms with Crippen molar-refractivity contribution in [1.82, 2.24) is 10.9 Å². The Morgan fingerprint density at radius 3 is 2.62 bits per heavy atom. The highest BCUT2D eigenvalue weighted by molar-refractivity contribution is 7.12. The summed E-state index contributed by atoms with van der Waals surface area (Å²) in [5.41, 5.74) is 8.77. The zero-order chi connectivity index (χ0) is 9.84. The molecule has 0 radical (unpaired) electrons. The van der Waals surface area contributed by atoms with E-state index in [2.05, 4.69) is 5.43 Å². The Morgan fingerprint density at radius 1 is 1.46 bits per heavy atom. The lowest BCUT2D eigenvalue weighted by atomic mass is 10.4. The fourth-order valence-electron chi connectivity index (χ4n) is 0.631. The highest BCUT2D eigenvalue weighted by Gasteiger charge is 2.11. The number of carbonyl (C=O) groups is 2. The molecule has 0 bridgehead atoms.